The Kier molecular flexibility index (Phi) is 4.07. The van der Waals surface area contributed by atoms with Gasteiger partial charge in [0.2, 0.25) is 0 Å². The molecule has 5 heteroatoms. The van der Waals surface area contributed by atoms with E-state index in [1.807, 2.05) is 32.0 Å². The Labute approximate surface area is 116 Å². The minimum atomic E-state index is -5.06. The van der Waals surface area contributed by atoms with E-state index in [1.54, 1.807) is 6.07 Å². The number of benzene rings is 2. The van der Waals surface area contributed by atoms with E-state index in [0.29, 0.717) is 0 Å². The second kappa shape index (κ2) is 5.61. The number of hydrogen-bond acceptors (Lipinski definition) is 1. The molecule has 0 heterocycles. The van der Waals surface area contributed by atoms with Gasteiger partial charge in [0, 0.05) is 0 Å². The van der Waals surface area contributed by atoms with Gasteiger partial charge in [-0.05, 0) is 36.6 Å². The molecule has 0 spiro atoms. The lowest BCUT2D eigenvalue weighted by Gasteiger charge is -2.20. The number of hydrogen-bond donors (Lipinski definition) is 0. The molecule has 0 unspecified atom stereocenters. The van der Waals surface area contributed by atoms with E-state index in [-0.39, 0.29) is 12.4 Å². The zero-order valence-corrected chi connectivity index (χ0v) is 11.4. The molecule has 0 fully saturated rings. The molecule has 0 bridgehead atoms. The summed E-state index contributed by atoms with van der Waals surface area (Å²) >= 11 is 0. The first-order valence-electron chi connectivity index (χ1n) is 6.36. The fourth-order valence-electron chi connectivity index (χ4n) is 2.11. The minimum Gasteiger partial charge on any atom is -0.492 e. The molecule has 0 saturated heterocycles. The van der Waals surface area contributed by atoms with Gasteiger partial charge in [0.1, 0.15) is 6.61 Å². The van der Waals surface area contributed by atoms with Gasteiger partial charge >= 0.3 is 6.98 Å². The van der Waals surface area contributed by atoms with Crippen molar-refractivity contribution in [1.82, 2.24) is 0 Å². The monoisotopic (exact) mass is 279 g/mol. The zero-order valence-electron chi connectivity index (χ0n) is 11.4. The topological polar surface area (TPSA) is 9.23 Å². The highest BCUT2D eigenvalue weighted by molar-refractivity contribution is 6.74. The van der Waals surface area contributed by atoms with Gasteiger partial charge in [-0.1, -0.05) is 41.9 Å². The molecule has 0 aliphatic carbocycles. The fourth-order valence-corrected chi connectivity index (χ4v) is 2.11. The van der Waals surface area contributed by atoms with Crippen molar-refractivity contribution in [3.63, 3.8) is 0 Å². The van der Waals surface area contributed by atoms with E-state index >= 15 is 0 Å². The van der Waals surface area contributed by atoms with Crippen molar-refractivity contribution in [3.8, 4) is 5.75 Å². The van der Waals surface area contributed by atoms with Gasteiger partial charge in [-0.25, -0.2) is 0 Å². The Bertz CT molecular complexity index is 588. The third-order valence-electron chi connectivity index (χ3n) is 3.29. The molecule has 2 aromatic rings. The number of halogens is 3. The molecule has 2 rings (SSSR count). The van der Waals surface area contributed by atoms with Crippen molar-refractivity contribution in [2.24, 2.45) is 0 Å². The van der Waals surface area contributed by atoms with Gasteiger partial charge in [-0.15, -0.1) is 0 Å². The molecule has 1 nitrogen and oxygen atoms in total. The third-order valence-corrected chi connectivity index (χ3v) is 3.29. The molecule has 0 amide bonds. The smallest absolute Gasteiger partial charge is 0.492 e. The molecule has 0 saturated carbocycles. The SMILES string of the molecule is Cc1cccc(C)c1COc1ccccc1[B-](F)(F)F. The Morgan fingerprint density at radius 1 is 0.900 bits per heavy atom. The molecule has 0 N–H and O–H groups in total. The summed E-state index contributed by atoms with van der Waals surface area (Å²) in [5.74, 6) is -0.109. The van der Waals surface area contributed by atoms with Crippen molar-refractivity contribution in [3.05, 3.63) is 59.2 Å². The lowest BCUT2D eigenvalue weighted by molar-refractivity contribution is 0.305. The molecule has 0 radical (unpaired) electrons. The molecule has 0 aliphatic rings. The summed E-state index contributed by atoms with van der Waals surface area (Å²) in [6.07, 6.45) is 0. The van der Waals surface area contributed by atoms with Crippen molar-refractivity contribution in [1.29, 1.82) is 0 Å². The molecule has 2 aromatic carbocycles. The Balaban J connectivity index is 2.24. The van der Waals surface area contributed by atoms with Crippen molar-refractivity contribution >= 4 is 12.4 Å². The van der Waals surface area contributed by atoms with Crippen molar-refractivity contribution < 1.29 is 17.7 Å². The van der Waals surface area contributed by atoms with Crippen molar-refractivity contribution in [2.45, 2.75) is 20.5 Å². The summed E-state index contributed by atoms with van der Waals surface area (Å²) in [6.45, 7) is -1.08. The normalized spacial score (nSPS) is 11.4. The van der Waals surface area contributed by atoms with Crippen LogP contribution in [0, 0.1) is 13.8 Å². The van der Waals surface area contributed by atoms with Crippen LogP contribution in [0.2, 0.25) is 0 Å². The summed E-state index contributed by atoms with van der Waals surface area (Å²) < 4.78 is 44.2. The molecule has 0 aromatic heterocycles. The van der Waals surface area contributed by atoms with Gasteiger partial charge in [0.15, 0.2) is 0 Å². The maximum Gasteiger partial charge on any atom is 0.513 e. The van der Waals surface area contributed by atoms with Crippen LogP contribution in [0.5, 0.6) is 5.75 Å². The van der Waals surface area contributed by atoms with Crippen LogP contribution in [-0.2, 0) is 6.61 Å². The average molecular weight is 279 g/mol. The zero-order chi connectivity index (χ0) is 14.8. The van der Waals surface area contributed by atoms with E-state index in [2.05, 4.69) is 0 Å². The van der Waals surface area contributed by atoms with E-state index in [1.165, 1.54) is 12.1 Å². The van der Waals surface area contributed by atoms with Gasteiger partial charge in [0.25, 0.3) is 0 Å². The summed E-state index contributed by atoms with van der Waals surface area (Å²) in [5, 5.41) is 0. The van der Waals surface area contributed by atoms with E-state index in [0.717, 1.165) is 22.8 Å². The van der Waals surface area contributed by atoms with Crippen molar-refractivity contribution in [2.75, 3.05) is 0 Å². The summed E-state index contributed by atoms with van der Waals surface area (Å²) in [4.78, 5) is 0. The van der Waals surface area contributed by atoms with Gasteiger partial charge in [-0.3, -0.25) is 0 Å². The van der Waals surface area contributed by atoms with Crippen LogP contribution in [0.15, 0.2) is 42.5 Å². The maximum atomic E-state index is 12.9. The quantitative estimate of drug-likeness (QED) is 0.770. The standard InChI is InChI=1S/C15H15BF3O/c1-11-6-5-7-12(2)13(11)10-20-15-9-4-3-8-14(15)16(17,18)19/h3-9H,10H2,1-2H3/q-1. The van der Waals surface area contributed by atoms with Crippen LogP contribution in [0.3, 0.4) is 0 Å². The summed E-state index contributed by atoms with van der Waals surface area (Å²) in [6, 6.07) is 11.1. The molecular formula is C15H15BF3O-. The molecule has 0 aliphatic heterocycles. The number of rotatable bonds is 4. The Morgan fingerprint density at radius 3 is 2.10 bits per heavy atom. The summed E-state index contributed by atoms with van der Waals surface area (Å²) in [5.41, 5.74) is 2.27. The molecular weight excluding hydrogens is 264 g/mol. The third kappa shape index (κ3) is 3.15. The predicted octanol–water partition coefficient (Wildman–Crippen LogP) is 3.94. The largest absolute Gasteiger partial charge is 0.513 e. The van der Waals surface area contributed by atoms with Crippen LogP contribution in [0.4, 0.5) is 12.9 Å². The van der Waals surface area contributed by atoms with Crippen LogP contribution in [0.25, 0.3) is 0 Å². The molecule has 106 valence electrons. The highest BCUT2D eigenvalue weighted by Gasteiger charge is 2.28. The highest BCUT2D eigenvalue weighted by atomic mass is 19.4. The Hall–Kier alpha value is -1.91. The van der Waals surface area contributed by atoms with Crippen LogP contribution in [-0.4, -0.2) is 6.98 Å². The lowest BCUT2D eigenvalue weighted by atomic mass is 9.79. The van der Waals surface area contributed by atoms with E-state index < -0.39 is 12.4 Å². The number of ether oxygens (including phenoxy) is 1. The predicted molar refractivity (Wildman–Crippen MR) is 75.4 cm³/mol. The molecule has 0 atom stereocenters. The maximum absolute atomic E-state index is 12.9. The van der Waals surface area contributed by atoms with Crippen LogP contribution < -0.4 is 10.2 Å². The van der Waals surface area contributed by atoms with Gasteiger partial charge in [-0.2, -0.15) is 0 Å². The second-order valence-electron chi connectivity index (χ2n) is 4.77. The van der Waals surface area contributed by atoms with Crippen LogP contribution >= 0.6 is 0 Å². The number of aryl methyl sites for hydroxylation is 2. The summed E-state index contributed by atoms with van der Waals surface area (Å²) in [7, 11) is 0. The second-order valence-corrected chi connectivity index (χ2v) is 4.77. The Morgan fingerprint density at radius 2 is 1.50 bits per heavy atom. The molecule has 20 heavy (non-hydrogen) atoms. The minimum absolute atomic E-state index is 0.109. The van der Waals surface area contributed by atoms with Crippen LogP contribution in [0.1, 0.15) is 16.7 Å². The van der Waals surface area contributed by atoms with E-state index in [4.69, 9.17) is 4.74 Å². The number of para-hydroxylation sites is 1. The van der Waals surface area contributed by atoms with Gasteiger partial charge in [0.05, 0.1) is 5.75 Å². The first-order valence-corrected chi connectivity index (χ1v) is 6.36. The highest BCUT2D eigenvalue weighted by Crippen LogP contribution is 2.20. The van der Waals surface area contributed by atoms with Gasteiger partial charge < -0.3 is 17.7 Å². The first kappa shape index (κ1) is 14.5. The lowest BCUT2D eigenvalue weighted by Crippen LogP contribution is -2.35. The average Bonchev–Trinajstić information content (AvgIpc) is 2.37. The fraction of sp³-hybridized carbons (Fsp3) is 0.200. The first-order chi connectivity index (χ1) is 9.39. The van der Waals surface area contributed by atoms with E-state index in [9.17, 15) is 12.9 Å².